The maximum atomic E-state index is 11.6. The number of nitrogens with one attached hydrogen (secondary N) is 3. The van der Waals surface area contributed by atoms with Gasteiger partial charge in [0.2, 0.25) is 0 Å². The minimum atomic E-state index is -0.414. The van der Waals surface area contributed by atoms with Crippen molar-refractivity contribution < 1.29 is 9.90 Å². The Labute approximate surface area is 158 Å². The fourth-order valence-corrected chi connectivity index (χ4v) is 3.03. The zero-order valence-corrected chi connectivity index (χ0v) is 15.8. The van der Waals surface area contributed by atoms with Gasteiger partial charge in [-0.3, -0.25) is 10.3 Å². The summed E-state index contributed by atoms with van der Waals surface area (Å²) in [6, 6.07) is 3.41. The van der Waals surface area contributed by atoms with Gasteiger partial charge >= 0.3 is 6.03 Å². The van der Waals surface area contributed by atoms with Crippen molar-refractivity contribution in [2.75, 3.05) is 11.9 Å². The Morgan fingerprint density at radius 3 is 2.70 bits per heavy atom. The third-order valence-corrected chi connectivity index (χ3v) is 4.57. The highest BCUT2D eigenvalue weighted by atomic mass is 16.3. The molecule has 2 aromatic heterocycles. The summed E-state index contributed by atoms with van der Waals surface area (Å²) in [5, 5.41) is 20.5. The molecule has 0 fully saturated rings. The number of hydrogen-bond donors (Lipinski definition) is 4. The molecule has 0 saturated heterocycles. The van der Waals surface area contributed by atoms with Crippen molar-refractivity contribution in [2.45, 2.75) is 39.3 Å². The average Bonchev–Trinajstić information content (AvgIpc) is 2.67. The van der Waals surface area contributed by atoms with Gasteiger partial charge in [-0.25, -0.2) is 9.78 Å². The number of hydrogen-bond acceptors (Lipinski definition) is 5. The molecule has 7 nitrogen and oxygen atoms in total. The van der Waals surface area contributed by atoms with Crippen molar-refractivity contribution in [1.29, 1.82) is 0 Å². The summed E-state index contributed by atoms with van der Waals surface area (Å²) in [5.74, 6) is 0.481. The Morgan fingerprint density at radius 1 is 1.26 bits per heavy atom. The fourth-order valence-electron chi connectivity index (χ4n) is 3.03. The van der Waals surface area contributed by atoms with Gasteiger partial charge in [-0.1, -0.05) is 13.0 Å². The van der Waals surface area contributed by atoms with Gasteiger partial charge in [-0.2, -0.15) is 0 Å². The van der Waals surface area contributed by atoms with Gasteiger partial charge in [0.25, 0.3) is 0 Å². The maximum absolute atomic E-state index is 11.6. The first-order chi connectivity index (χ1) is 13.0. The SMILES string of the molecule is CCNC(=O)Nc1cc2cnc(C3=CNC(C(O)CC)C=C3C)cc2cn1. The molecule has 4 N–H and O–H groups in total. The molecule has 3 heterocycles. The first-order valence-electron chi connectivity index (χ1n) is 9.16. The Balaban J connectivity index is 1.82. The quantitative estimate of drug-likeness (QED) is 0.651. The molecule has 2 unspecified atom stereocenters. The van der Waals surface area contributed by atoms with Crippen LogP contribution in [0.2, 0.25) is 0 Å². The summed E-state index contributed by atoms with van der Waals surface area (Å²) in [7, 11) is 0. The number of allylic oxidation sites excluding steroid dienone is 2. The molecule has 2 atom stereocenters. The second kappa shape index (κ2) is 8.18. The molecule has 0 saturated carbocycles. The lowest BCUT2D eigenvalue weighted by atomic mass is 9.95. The van der Waals surface area contributed by atoms with E-state index in [-0.39, 0.29) is 12.1 Å². The summed E-state index contributed by atoms with van der Waals surface area (Å²) >= 11 is 0. The number of nitrogens with zero attached hydrogens (tertiary/aromatic N) is 2. The molecular weight excluding hydrogens is 342 g/mol. The van der Waals surface area contributed by atoms with E-state index >= 15 is 0 Å². The van der Waals surface area contributed by atoms with Gasteiger partial charge in [0.1, 0.15) is 5.82 Å². The van der Waals surface area contributed by atoms with E-state index in [1.165, 1.54) is 0 Å². The van der Waals surface area contributed by atoms with Gasteiger partial charge < -0.3 is 15.7 Å². The first-order valence-corrected chi connectivity index (χ1v) is 9.16. The first kappa shape index (κ1) is 18.8. The van der Waals surface area contributed by atoms with Gasteiger partial charge in [0.15, 0.2) is 0 Å². The smallest absolute Gasteiger partial charge is 0.320 e. The number of fused-ring (bicyclic) bond motifs is 1. The molecule has 0 bridgehead atoms. The molecule has 0 aliphatic carbocycles. The van der Waals surface area contributed by atoms with Crippen LogP contribution in [0.15, 0.2) is 42.4 Å². The second-order valence-electron chi connectivity index (χ2n) is 6.55. The number of aromatic nitrogens is 2. The van der Waals surface area contributed by atoms with Crippen LogP contribution < -0.4 is 16.0 Å². The van der Waals surface area contributed by atoms with Crippen LogP contribution >= 0.6 is 0 Å². The summed E-state index contributed by atoms with van der Waals surface area (Å²) in [6.45, 7) is 6.39. The van der Waals surface area contributed by atoms with Crippen LogP contribution in [0, 0.1) is 0 Å². The van der Waals surface area contributed by atoms with Gasteiger partial charge in [-0.05, 0) is 38.0 Å². The molecule has 7 heteroatoms. The molecule has 3 rings (SSSR count). The molecular formula is C20H25N5O2. The highest BCUT2D eigenvalue weighted by Gasteiger charge is 2.20. The number of urea groups is 1. The molecule has 142 valence electrons. The summed E-state index contributed by atoms with van der Waals surface area (Å²) in [4.78, 5) is 20.5. The number of aliphatic hydroxyl groups excluding tert-OH is 1. The van der Waals surface area contributed by atoms with Crippen molar-refractivity contribution in [3.05, 3.63) is 48.1 Å². The summed E-state index contributed by atoms with van der Waals surface area (Å²) in [6.07, 6.45) is 7.72. The van der Waals surface area contributed by atoms with Gasteiger partial charge in [-0.15, -0.1) is 0 Å². The number of aliphatic hydroxyl groups is 1. The van der Waals surface area contributed by atoms with Crippen LogP contribution in [0.3, 0.4) is 0 Å². The van der Waals surface area contributed by atoms with E-state index in [4.69, 9.17) is 0 Å². The Bertz CT molecular complexity index is 906. The lowest BCUT2D eigenvalue weighted by molar-refractivity contribution is 0.146. The predicted octanol–water partition coefficient (Wildman–Crippen LogP) is 2.80. The minimum absolute atomic E-state index is 0.0798. The van der Waals surface area contributed by atoms with Crippen molar-refractivity contribution in [1.82, 2.24) is 20.6 Å². The molecule has 0 aromatic carbocycles. The number of carbonyl (C=O) groups excluding carboxylic acids is 1. The van der Waals surface area contributed by atoms with Gasteiger partial charge in [0.05, 0.1) is 17.8 Å². The number of carbonyl (C=O) groups is 1. The van der Waals surface area contributed by atoms with E-state index in [2.05, 4.69) is 25.9 Å². The predicted molar refractivity (Wildman–Crippen MR) is 107 cm³/mol. The second-order valence-corrected chi connectivity index (χ2v) is 6.55. The Hall–Kier alpha value is -2.93. The monoisotopic (exact) mass is 367 g/mol. The van der Waals surface area contributed by atoms with Crippen molar-refractivity contribution in [3.8, 4) is 0 Å². The van der Waals surface area contributed by atoms with E-state index in [0.29, 0.717) is 18.8 Å². The maximum Gasteiger partial charge on any atom is 0.320 e. The zero-order chi connectivity index (χ0) is 19.4. The van der Waals surface area contributed by atoms with Crippen LogP contribution in [0.25, 0.3) is 16.3 Å². The van der Waals surface area contributed by atoms with Crippen LogP contribution in [0.1, 0.15) is 32.9 Å². The van der Waals surface area contributed by atoms with E-state index in [0.717, 1.165) is 27.6 Å². The van der Waals surface area contributed by atoms with Crippen LogP contribution in [0.4, 0.5) is 10.6 Å². The van der Waals surface area contributed by atoms with E-state index in [1.807, 2.05) is 39.1 Å². The van der Waals surface area contributed by atoms with Crippen molar-refractivity contribution in [3.63, 3.8) is 0 Å². The third-order valence-electron chi connectivity index (χ3n) is 4.57. The topological polar surface area (TPSA) is 99.2 Å². The highest BCUT2D eigenvalue weighted by Crippen LogP contribution is 2.27. The van der Waals surface area contributed by atoms with Gasteiger partial charge in [0, 0.05) is 41.5 Å². The standard InChI is InChI=1S/C20H25N5O2/c1-4-18(26)17-6-12(3)15(11-23-17)16-7-13-10-24-19(8-14(13)9-22-16)25-20(27)21-5-2/h6-11,17-18,23,26H,4-5H2,1-3H3,(H2,21,24,25,27). The largest absolute Gasteiger partial charge is 0.391 e. The van der Waals surface area contributed by atoms with E-state index in [9.17, 15) is 9.90 Å². The van der Waals surface area contributed by atoms with E-state index < -0.39 is 6.10 Å². The number of pyridine rings is 2. The lowest BCUT2D eigenvalue weighted by Gasteiger charge is -2.25. The number of amides is 2. The Morgan fingerprint density at radius 2 is 2.00 bits per heavy atom. The molecule has 1 aliphatic heterocycles. The number of dihydropyridines is 1. The fraction of sp³-hybridized carbons (Fsp3) is 0.350. The minimum Gasteiger partial charge on any atom is -0.391 e. The molecule has 0 radical (unpaired) electrons. The number of anilines is 1. The van der Waals surface area contributed by atoms with Crippen LogP contribution in [-0.2, 0) is 0 Å². The average molecular weight is 367 g/mol. The molecule has 0 spiro atoms. The molecule has 27 heavy (non-hydrogen) atoms. The molecule has 2 aromatic rings. The molecule has 2 amide bonds. The van der Waals surface area contributed by atoms with Crippen LogP contribution in [-0.4, -0.2) is 39.8 Å². The van der Waals surface area contributed by atoms with E-state index in [1.54, 1.807) is 18.5 Å². The number of rotatable bonds is 5. The zero-order valence-electron chi connectivity index (χ0n) is 15.8. The normalized spacial score (nSPS) is 17.6. The lowest BCUT2D eigenvalue weighted by Crippen LogP contribution is -2.37. The molecule has 1 aliphatic rings. The van der Waals surface area contributed by atoms with Crippen molar-refractivity contribution >= 4 is 28.2 Å². The summed E-state index contributed by atoms with van der Waals surface area (Å²) in [5.41, 5.74) is 2.89. The summed E-state index contributed by atoms with van der Waals surface area (Å²) < 4.78 is 0. The third kappa shape index (κ3) is 4.25. The van der Waals surface area contributed by atoms with Crippen LogP contribution in [0.5, 0.6) is 0 Å². The highest BCUT2D eigenvalue weighted by molar-refractivity contribution is 5.92. The Kier molecular flexibility index (Phi) is 5.71. The van der Waals surface area contributed by atoms with Crippen molar-refractivity contribution in [2.24, 2.45) is 0 Å².